The van der Waals surface area contributed by atoms with Gasteiger partial charge in [0.05, 0.1) is 0 Å². The fraction of sp³-hybridized carbons (Fsp3) is 0.533. The van der Waals surface area contributed by atoms with Crippen LogP contribution in [0.25, 0.3) is 0 Å². The Hall–Kier alpha value is -1.09. The molecule has 1 N–H and O–H groups in total. The number of aryl methyl sites for hydroxylation is 1. The standard InChI is InChI=1S/C15H21ClFNO/c1-3-4-12(7-8-16)10-18-15(19)13-5-6-14(17)11(2)9-13/h5-6,9,12H,3-4,7-8,10H2,1-2H3,(H,18,19). The summed E-state index contributed by atoms with van der Waals surface area (Å²) in [5, 5.41) is 2.90. The topological polar surface area (TPSA) is 29.1 Å². The van der Waals surface area contributed by atoms with Gasteiger partial charge in [0.15, 0.2) is 0 Å². The molecule has 0 aliphatic rings. The fourth-order valence-electron chi connectivity index (χ4n) is 2.04. The highest BCUT2D eigenvalue weighted by Crippen LogP contribution is 2.12. The maximum atomic E-state index is 13.1. The van der Waals surface area contributed by atoms with Gasteiger partial charge in [0.1, 0.15) is 5.82 Å². The monoisotopic (exact) mass is 285 g/mol. The number of rotatable bonds is 7. The van der Waals surface area contributed by atoms with Crippen molar-refractivity contribution in [3.63, 3.8) is 0 Å². The largest absolute Gasteiger partial charge is 0.352 e. The van der Waals surface area contributed by atoms with E-state index in [9.17, 15) is 9.18 Å². The Morgan fingerprint density at radius 2 is 2.16 bits per heavy atom. The third kappa shape index (κ3) is 5.19. The predicted molar refractivity (Wildman–Crippen MR) is 77.2 cm³/mol. The molecule has 19 heavy (non-hydrogen) atoms. The minimum atomic E-state index is -0.289. The molecule has 0 aromatic heterocycles. The van der Waals surface area contributed by atoms with Crippen molar-refractivity contribution in [1.82, 2.24) is 5.32 Å². The van der Waals surface area contributed by atoms with Gasteiger partial charge in [0, 0.05) is 18.0 Å². The van der Waals surface area contributed by atoms with Gasteiger partial charge in [-0.05, 0) is 49.4 Å². The maximum absolute atomic E-state index is 13.1. The molecule has 2 nitrogen and oxygen atoms in total. The van der Waals surface area contributed by atoms with E-state index >= 15 is 0 Å². The first kappa shape index (κ1) is 16.0. The quantitative estimate of drug-likeness (QED) is 0.756. The van der Waals surface area contributed by atoms with Crippen molar-refractivity contribution >= 4 is 17.5 Å². The van der Waals surface area contributed by atoms with E-state index < -0.39 is 0 Å². The Labute approximate surface area is 119 Å². The van der Waals surface area contributed by atoms with Crippen LogP contribution in [-0.2, 0) is 0 Å². The third-order valence-corrected chi connectivity index (χ3v) is 3.40. The first-order valence-electron chi connectivity index (χ1n) is 6.68. The molecule has 0 heterocycles. The summed E-state index contributed by atoms with van der Waals surface area (Å²) in [6.45, 7) is 4.39. The van der Waals surface area contributed by atoms with Crippen LogP contribution in [0.4, 0.5) is 4.39 Å². The molecule has 1 unspecified atom stereocenters. The summed E-state index contributed by atoms with van der Waals surface area (Å²) < 4.78 is 13.1. The van der Waals surface area contributed by atoms with Crippen LogP contribution >= 0.6 is 11.6 Å². The van der Waals surface area contributed by atoms with Crippen molar-refractivity contribution in [3.8, 4) is 0 Å². The van der Waals surface area contributed by atoms with E-state index in [1.54, 1.807) is 13.0 Å². The molecule has 0 radical (unpaired) electrons. The molecule has 106 valence electrons. The van der Waals surface area contributed by atoms with Crippen LogP contribution in [0.3, 0.4) is 0 Å². The average molecular weight is 286 g/mol. The number of halogens is 2. The summed E-state index contributed by atoms with van der Waals surface area (Å²) in [4.78, 5) is 12.0. The molecule has 1 aromatic rings. The van der Waals surface area contributed by atoms with Crippen molar-refractivity contribution in [2.45, 2.75) is 33.1 Å². The van der Waals surface area contributed by atoms with Crippen LogP contribution in [0.1, 0.15) is 42.1 Å². The van der Waals surface area contributed by atoms with Crippen molar-refractivity contribution in [2.75, 3.05) is 12.4 Å². The van der Waals surface area contributed by atoms with E-state index in [0.29, 0.717) is 29.5 Å². The van der Waals surface area contributed by atoms with Crippen LogP contribution in [-0.4, -0.2) is 18.3 Å². The lowest BCUT2D eigenvalue weighted by molar-refractivity contribution is 0.0946. The maximum Gasteiger partial charge on any atom is 0.251 e. The van der Waals surface area contributed by atoms with Gasteiger partial charge in [-0.15, -0.1) is 11.6 Å². The van der Waals surface area contributed by atoms with E-state index in [2.05, 4.69) is 12.2 Å². The first-order chi connectivity index (χ1) is 9.08. The number of hydrogen-bond acceptors (Lipinski definition) is 1. The van der Waals surface area contributed by atoms with Gasteiger partial charge in [-0.1, -0.05) is 13.3 Å². The summed E-state index contributed by atoms with van der Waals surface area (Å²) in [7, 11) is 0. The lowest BCUT2D eigenvalue weighted by Gasteiger charge is -2.15. The number of nitrogens with one attached hydrogen (secondary N) is 1. The van der Waals surface area contributed by atoms with E-state index in [-0.39, 0.29) is 11.7 Å². The zero-order chi connectivity index (χ0) is 14.3. The van der Waals surface area contributed by atoms with Gasteiger partial charge in [-0.2, -0.15) is 0 Å². The van der Waals surface area contributed by atoms with E-state index in [1.165, 1.54) is 12.1 Å². The molecule has 0 aliphatic carbocycles. The molecule has 1 aromatic carbocycles. The van der Waals surface area contributed by atoms with Gasteiger partial charge < -0.3 is 5.32 Å². The minimum Gasteiger partial charge on any atom is -0.352 e. The number of amides is 1. The lowest BCUT2D eigenvalue weighted by Crippen LogP contribution is -2.29. The summed E-state index contributed by atoms with van der Waals surface area (Å²) in [5.41, 5.74) is 0.985. The molecule has 0 fully saturated rings. The summed E-state index contributed by atoms with van der Waals surface area (Å²) in [5.74, 6) is 0.574. The van der Waals surface area contributed by atoms with Crippen LogP contribution in [0.15, 0.2) is 18.2 Å². The zero-order valence-corrected chi connectivity index (χ0v) is 12.3. The Balaban J connectivity index is 2.56. The number of carbonyl (C=O) groups excluding carboxylic acids is 1. The Bertz CT molecular complexity index is 417. The predicted octanol–water partition coefficient (Wildman–Crippen LogP) is 3.91. The average Bonchev–Trinajstić information content (AvgIpc) is 2.39. The van der Waals surface area contributed by atoms with Gasteiger partial charge >= 0.3 is 0 Å². The normalized spacial score (nSPS) is 12.2. The fourth-order valence-corrected chi connectivity index (χ4v) is 2.34. The first-order valence-corrected chi connectivity index (χ1v) is 7.22. The Kier molecular flexibility index (Phi) is 6.85. The van der Waals surface area contributed by atoms with Crippen molar-refractivity contribution in [3.05, 3.63) is 35.1 Å². The summed E-state index contributed by atoms with van der Waals surface area (Å²) in [6, 6.07) is 4.40. The lowest BCUT2D eigenvalue weighted by atomic mass is 10.0. The molecule has 1 atom stereocenters. The van der Waals surface area contributed by atoms with E-state index in [0.717, 1.165) is 19.3 Å². The molecular formula is C15H21ClFNO. The van der Waals surface area contributed by atoms with Crippen LogP contribution in [0.5, 0.6) is 0 Å². The van der Waals surface area contributed by atoms with Gasteiger partial charge in [0.2, 0.25) is 0 Å². The third-order valence-electron chi connectivity index (χ3n) is 3.19. The van der Waals surface area contributed by atoms with Crippen LogP contribution in [0.2, 0.25) is 0 Å². The second-order valence-electron chi connectivity index (χ2n) is 4.81. The minimum absolute atomic E-state index is 0.154. The molecule has 0 saturated carbocycles. The van der Waals surface area contributed by atoms with E-state index in [1.807, 2.05) is 0 Å². The zero-order valence-electron chi connectivity index (χ0n) is 11.5. The Morgan fingerprint density at radius 3 is 2.74 bits per heavy atom. The molecule has 1 amide bonds. The molecule has 0 aliphatic heterocycles. The number of hydrogen-bond donors (Lipinski definition) is 1. The molecule has 0 spiro atoms. The second-order valence-corrected chi connectivity index (χ2v) is 5.18. The molecule has 1 rings (SSSR count). The van der Waals surface area contributed by atoms with Crippen LogP contribution in [0, 0.1) is 18.7 Å². The SMILES string of the molecule is CCCC(CCCl)CNC(=O)c1ccc(F)c(C)c1. The van der Waals surface area contributed by atoms with Gasteiger partial charge in [-0.3, -0.25) is 4.79 Å². The molecule has 4 heteroatoms. The molecule has 0 bridgehead atoms. The summed E-state index contributed by atoms with van der Waals surface area (Å²) in [6.07, 6.45) is 3.03. The smallest absolute Gasteiger partial charge is 0.251 e. The highest BCUT2D eigenvalue weighted by atomic mass is 35.5. The van der Waals surface area contributed by atoms with Gasteiger partial charge in [0.25, 0.3) is 5.91 Å². The van der Waals surface area contributed by atoms with E-state index in [4.69, 9.17) is 11.6 Å². The van der Waals surface area contributed by atoms with Gasteiger partial charge in [-0.25, -0.2) is 4.39 Å². The second kappa shape index (κ2) is 8.16. The molecule has 0 saturated heterocycles. The highest BCUT2D eigenvalue weighted by Gasteiger charge is 2.11. The van der Waals surface area contributed by atoms with Crippen molar-refractivity contribution in [2.24, 2.45) is 5.92 Å². The van der Waals surface area contributed by atoms with Crippen LogP contribution < -0.4 is 5.32 Å². The number of carbonyl (C=O) groups is 1. The number of alkyl halides is 1. The highest BCUT2D eigenvalue weighted by molar-refractivity contribution is 6.17. The van der Waals surface area contributed by atoms with Crippen molar-refractivity contribution in [1.29, 1.82) is 0 Å². The summed E-state index contributed by atoms with van der Waals surface area (Å²) >= 11 is 5.75. The van der Waals surface area contributed by atoms with Crippen molar-refractivity contribution < 1.29 is 9.18 Å². The Morgan fingerprint density at radius 1 is 1.42 bits per heavy atom. The molecular weight excluding hydrogens is 265 g/mol. The number of benzene rings is 1.